The highest BCUT2D eigenvalue weighted by molar-refractivity contribution is 6.20. The molecule has 0 aromatic carbocycles. The Morgan fingerprint density at radius 3 is 2.93 bits per heavy atom. The molecule has 0 fully saturated rings. The van der Waals surface area contributed by atoms with Gasteiger partial charge in [0.15, 0.2) is 0 Å². The van der Waals surface area contributed by atoms with Gasteiger partial charge in [-0.05, 0) is 32.8 Å². The number of alkyl halides is 1. The molecule has 0 saturated heterocycles. The normalized spacial score (nSPS) is 13.1. The summed E-state index contributed by atoms with van der Waals surface area (Å²) in [5.41, 5.74) is 2.33. The van der Waals surface area contributed by atoms with Crippen LogP contribution in [0, 0.1) is 6.92 Å². The van der Waals surface area contributed by atoms with Crippen molar-refractivity contribution in [3.63, 3.8) is 0 Å². The molecule has 0 aliphatic heterocycles. The molecular weight excluding hydrogens is 212 g/mol. The third-order valence-corrected chi connectivity index (χ3v) is 2.69. The van der Waals surface area contributed by atoms with E-state index in [0.717, 1.165) is 25.1 Å². The highest BCUT2D eigenvalue weighted by Crippen LogP contribution is 2.11. The van der Waals surface area contributed by atoms with Gasteiger partial charge in [0.2, 0.25) is 0 Å². The number of aryl methyl sites for hydroxylation is 3. The van der Waals surface area contributed by atoms with Crippen LogP contribution in [0.25, 0.3) is 0 Å². The van der Waals surface area contributed by atoms with Gasteiger partial charge in [0.1, 0.15) is 0 Å². The number of hydrogen-bond donors (Lipinski definition) is 0. The van der Waals surface area contributed by atoms with Crippen LogP contribution in [0.5, 0.6) is 0 Å². The Bertz CT molecular complexity index is 299. The zero-order chi connectivity index (χ0) is 11.3. The van der Waals surface area contributed by atoms with Crippen LogP contribution in [-0.4, -0.2) is 28.9 Å². The molecule has 1 unspecified atom stereocenters. The topological polar surface area (TPSA) is 27.1 Å². The molecule has 86 valence electrons. The van der Waals surface area contributed by atoms with E-state index in [4.69, 9.17) is 16.3 Å². The van der Waals surface area contributed by atoms with Crippen LogP contribution in [-0.2, 0) is 17.7 Å². The Kier molecular flexibility index (Phi) is 5.12. The van der Waals surface area contributed by atoms with E-state index in [1.54, 1.807) is 7.11 Å². The molecule has 1 aromatic rings. The summed E-state index contributed by atoms with van der Waals surface area (Å²) in [5.74, 6) is 0. The Morgan fingerprint density at radius 2 is 2.33 bits per heavy atom. The van der Waals surface area contributed by atoms with E-state index in [1.807, 2.05) is 11.6 Å². The van der Waals surface area contributed by atoms with E-state index in [9.17, 15) is 0 Å². The fourth-order valence-corrected chi connectivity index (χ4v) is 1.88. The number of ether oxygens (including phenoxy) is 1. The second-order valence-corrected chi connectivity index (χ2v) is 4.30. The van der Waals surface area contributed by atoms with Crippen LogP contribution < -0.4 is 0 Å². The van der Waals surface area contributed by atoms with E-state index in [-0.39, 0.29) is 5.38 Å². The Labute approximate surface area is 96.4 Å². The van der Waals surface area contributed by atoms with Crippen LogP contribution in [0.1, 0.15) is 24.7 Å². The number of aromatic nitrogens is 2. The molecular formula is C11H19ClN2O. The Hall–Kier alpha value is -0.540. The monoisotopic (exact) mass is 230 g/mol. The summed E-state index contributed by atoms with van der Waals surface area (Å²) in [6.45, 7) is 5.65. The van der Waals surface area contributed by atoms with Crippen molar-refractivity contribution >= 4 is 11.6 Å². The maximum absolute atomic E-state index is 6.08. The Morgan fingerprint density at radius 1 is 1.60 bits per heavy atom. The fourth-order valence-electron chi connectivity index (χ4n) is 1.64. The zero-order valence-electron chi connectivity index (χ0n) is 9.66. The van der Waals surface area contributed by atoms with Gasteiger partial charge in [-0.15, -0.1) is 11.6 Å². The van der Waals surface area contributed by atoms with Crippen molar-refractivity contribution in [3.8, 4) is 0 Å². The molecule has 0 amide bonds. The van der Waals surface area contributed by atoms with Crippen molar-refractivity contribution in [2.75, 3.05) is 13.7 Å². The van der Waals surface area contributed by atoms with E-state index < -0.39 is 0 Å². The fraction of sp³-hybridized carbons (Fsp3) is 0.727. The van der Waals surface area contributed by atoms with Gasteiger partial charge in [-0.1, -0.05) is 0 Å². The molecule has 0 radical (unpaired) electrons. The molecule has 0 spiro atoms. The number of nitrogens with zero attached hydrogens (tertiary/aromatic N) is 2. The zero-order valence-corrected chi connectivity index (χ0v) is 10.4. The van der Waals surface area contributed by atoms with E-state index in [1.165, 1.54) is 5.69 Å². The first-order chi connectivity index (χ1) is 7.17. The molecule has 1 aromatic heterocycles. The second-order valence-electron chi connectivity index (χ2n) is 3.68. The molecule has 15 heavy (non-hydrogen) atoms. The van der Waals surface area contributed by atoms with Gasteiger partial charge in [-0.3, -0.25) is 4.68 Å². The summed E-state index contributed by atoms with van der Waals surface area (Å²) in [5, 5.41) is 4.49. The predicted octanol–water partition coefficient (Wildman–Crippen LogP) is 2.40. The van der Waals surface area contributed by atoms with Crippen LogP contribution in [0.2, 0.25) is 0 Å². The minimum atomic E-state index is 0.0931. The number of rotatable bonds is 6. The predicted molar refractivity (Wildman–Crippen MR) is 62.5 cm³/mol. The van der Waals surface area contributed by atoms with Crippen LogP contribution >= 0.6 is 11.6 Å². The average Bonchev–Trinajstić information content (AvgIpc) is 2.56. The van der Waals surface area contributed by atoms with Gasteiger partial charge >= 0.3 is 0 Å². The number of halogens is 1. The molecule has 0 bridgehead atoms. The Balaban J connectivity index is 2.49. The van der Waals surface area contributed by atoms with Gasteiger partial charge in [-0.2, -0.15) is 5.10 Å². The maximum atomic E-state index is 6.08. The van der Waals surface area contributed by atoms with Gasteiger partial charge in [-0.25, -0.2) is 0 Å². The van der Waals surface area contributed by atoms with Gasteiger partial charge in [0.25, 0.3) is 0 Å². The first kappa shape index (κ1) is 12.5. The molecule has 0 N–H and O–H groups in total. The summed E-state index contributed by atoms with van der Waals surface area (Å²) in [4.78, 5) is 0. The van der Waals surface area contributed by atoms with Gasteiger partial charge in [0, 0.05) is 19.3 Å². The van der Waals surface area contributed by atoms with Crippen molar-refractivity contribution in [1.82, 2.24) is 9.78 Å². The van der Waals surface area contributed by atoms with Crippen molar-refractivity contribution in [3.05, 3.63) is 17.5 Å². The van der Waals surface area contributed by atoms with Crippen LogP contribution in [0.4, 0.5) is 0 Å². The number of hydrogen-bond acceptors (Lipinski definition) is 2. The standard InChI is InChI=1S/C11H19ClN2O/c1-4-14-11(7-9(2)13-14)6-5-10(12)8-15-3/h7,10H,4-6,8H2,1-3H3. The molecule has 3 nitrogen and oxygen atoms in total. The first-order valence-corrected chi connectivity index (χ1v) is 5.77. The third-order valence-electron chi connectivity index (χ3n) is 2.35. The molecule has 0 saturated carbocycles. The lowest BCUT2D eigenvalue weighted by Crippen LogP contribution is -2.10. The van der Waals surface area contributed by atoms with Gasteiger partial charge in [0.05, 0.1) is 17.7 Å². The first-order valence-electron chi connectivity index (χ1n) is 5.33. The van der Waals surface area contributed by atoms with Crippen molar-refractivity contribution in [2.24, 2.45) is 0 Å². The van der Waals surface area contributed by atoms with Crippen LogP contribution in [0.15, 0.2) is 6.07 Å². The summed E-state index contributed by atoms with van der Waals surface area (Å²) >= 11 is 6.08. The molecule has 0 aliphatic carbocycles. The van der Waals surface area contributed by atoms with Crippen LogP contribution in [0.3, 0.4) is 0 Å². The maximum Gasteiger partial charge on any atom is 0.0626 e. The largest absolute Gasteiger partial charge is 0.383 e. The summed E-state index contributed by atoms with van der Waals surface area (Å²) in [7, 11) is 1.68. The SMILES string of the molecule is CCn1nc(C)cc1CCC(Cl)COC. The highest BCUT2D eigenvalue weighted by Gasteiger charge is 2.08. The lowest BCUT2D eigenvalue weighted by molar-refractivity contribution is 0.195. The molecule has 1 rings (SSSR count). The van der Waals surface area contributed by atoms with Crippen molar-refractivity contribution in [2.45, 2.75) is 38.6 Å². The van der Waals surface area contributed by atoms with Gasteiger partial charge < -0.3 is 4.74 Å². The summed E-state index contributed by atoms with van der Waals surface area (Å²) < 4.78 is 7.03. The van der Waals surface area contributed by atoms with Crippen molar-refractivity contribution in [1.29, 1.82) is 0 Å². The molecule has 1 heterocycles. The average molecular weight is 231 g/mol. The smallest absolute Gasteiger partial charge is 0.0626 e. The van der Waals surface area contributed by atoms with E-state index in [0.29, 0.717) is 6.61 Å². The quantitative estimate of drug-likeness (QED) is 0.702. The molecule has 4 heteroatoms. The van der Waals surface area contributed by atoms with Crippen molar-refractivity contribution < 1.29 is 4.74 Å². The minimum Gasteiger partial charge on any atom is -0.383 e. The minimum absolute atomic E-state index is 0.0931. The third kappa shape index (κ3) is 3.84. The lowest BCUT2D eigenvalue weighted by Gasteiger charge is -2.08. The molecule has 1 atom stereocenters. The highest BCUT2D eigenvalue weighted by atomic mass is 35.5. The molecule has 0 aliphatic rings. The van der Waals surface area contributed by atoms with E-state index in [2.05, 4.69) is 18.1 Å². The summed E-state index contributed by atoms with van der Waals surface area (Å²) in [6.07, 6.45) is 1.90. The number of methoxy groups -OCH3 is 1. The second kappa shape index (κ2) is 6.13. The summed E-state index contributed by atoms with van der Waals surface area (Å²) in [6, 6.07) is 2.12. The van der Waals surface area contributed by atoms with E-state index >= 15 is 0 Å². The lowest BCUT2D eigenvalue weighted by atomic mass is 10.2.